The monoisotopic (exact) mass is 247 g/mol. The fraction of sp³-hybridized carbons (Fsp3) is 0.467. The predicted octanol–water partition coefficient (Wildman–Crippen LogP) is 3.50. The molecular weight excluding hydrogens is 226 g/mol. The van der Waals surface area contributed by atoms with E-state index in [1.165, 1.54) is 4.90 Å². The van der Waals surface area contributed by atoms with Crippen molar-refractivity contribution in [2.75, 3.05) is 0 Å². The minimum absolute atomic E-state index is 0.0207. The fourth-order valence-electron chi connectivity index (χ4n) is 2.19. The molecule has 0 spiro atoms. The molecule has 1 aliphatic heterocycles. The lowest BCUT2D eigenvalue weighted by molar-refractivity contribution is 0.0576. The summed E-state index contributed by atoms with van der Waals surface area (Å²) >= 11 is 0. The number of carbonyl (C=O) groups excluding carboxylic acids is 2. The molecule has 2 amide bonds. The van der Waals surface area contributed by atoms with Crippen molar-refractivity contribution in [3.63, 3.8) is 0 Å². The van der Waals surface area contributed by atoms with E-state index in [0.29, 0.717) is 11.1 Å². The molecule has 0 aliphatic carbocycles. The summed E-state index contributed by atoms with van der Waals surface area (Å²) < 4.78 is 0. The maximum absolute atomic E-state index is 12.1. The lowest BCUT2D eigenvalue weighted by Crippen LogP contribution is -2.39. The molecule has 98 valence electrons. The summed E-state index contributed by atoms with van der Waals surface area (Å²) in [6.45, 7) is 8.00. The van der Waals surface area contributed by atoms with Crippen molar-refractivity contribution in [1.29, 1.82) is 0 Å². The van der Waals surface area contributed by atoms with E-state index in [0.717, 1.165) is 12.8 Å². The number of carbonyl (C=O) groups is 2. The summed E-state index contributed by atoms with van der Waals surface area (Å²) in [4.78, 5) is 25.6. The third kappa shape index (κ3) is 2.30. The Morgan fingerprint density at radius 2 is 1.33 bits per heavy atom. The molecule has 0 radical (unpaired) electrons. The third-order valence-electron chi connectivity index (χ3n) is 3.13. The van der Waals surface area contributed by atoms with E-state index >= 15 is 0 Å². The highest BCUT2D eigenvalue weighted by molar-refractivity contribution is 6.21. The molecule has 0 atom stereocenters. The van der Waals surface area contributed by atoms with Crippen molar-refractivity contribution in [1.82, 2.24) is 4.90 Å². The van der Waals surface area contributed by atoms with Crippen molar-refractivity contribution in [3.8, 4) is 0 Å². The van der Waals surface area contributed by atoms with Gasteiger partial charge in [0.15, 0.2) is 0 Å². The van der Waals surface area contributed by atoms with Crippen molar-refractivity contribution in [2.24, 2.45) is 0 Å². The molecule has 0 aromatic heterocycles. The molecule has 1 heterocycles. The summed E-state index contributed by atoms with van der Waals surface area (Å²) in [6.07, 6.45) is 1.62. The highest BCUT2D eigenvalue weighted by Crippen LogP contribution is 2.26. The standard InChI is InChI=1S/C13H15NO2.C2H6/c1-3-9(4-2)14-12(15)10-7-5-6-8-11(10)13(14)16;1-2/h5-9H,3-4H2,1-2H3;1-2H3. The van der Waals surface area contributed by atoms with Gasteiger partial charge in [-0.25, -0.2) is 0 Å². The van der Waals surface area contributed by atoms with Crippen LogP contribution in [-0.4, -0.2) is 22.8 Å². The van der Waals surface area contributed by atoms with Crippen LogP contribution >= 0.6 is 0 Å². The Hall–Kier alpha value is -1.64. The van der Waals surface area contributed by atoms with Crippen LogP contribution in [0.3, 0.4) is 0 Å². The zero-order valence-electron chi connectivity index (χ0n) is 11.6. The number of amides is 2. The van der Waals surface area contributed by atoms with Gasteiger partial charge < -0.3 is 0 Å². The lowest BCUT2D eigenvalue weighted by atomic mass is 10.1. The van der Waals surface area contributed by atoms with Crippen LogP contribution in [0.4, 0.5) is 0 Å². The summed E-state index contributed by atoms with van der Waals surface area (Å²) in [7, 11) is 0. The molecule has 2 rings (SSSR count). The Balaban J connectivity index is 0.000000771. The molecule has 1 aromatic rings. The van der Waals surface area contributed by atoms with Crippen molar-refractivity contribution >= 4 is 11.8 Å². The first-order valence-electron chi connectivity index (χ1n) is 6.67. The van der Waals surface area contributed by atoms with Crippen LogP contribution in [0.15, 0.2) is 24.3 Å². The Kier molecular flexibility index (Phi) is 5.08. The first-order valence-corrected chi connectivity index (χ1v) is 6.67. The summed E-state index contributed by atoms with van der Waals surface area (Å²) in [6, 6.07) is 7.05. The minimum atomic E-state index is -0.144. The van der Waals surface area contributed by atoms with Gasteiger partial charge in [0.2, 0.25) is 0 Å². The van der Waals surface area contributed by atoms with E-state index < -0.39 is 0 Å². The Morgan fingerprint density at radius 3 is 1.67 bits per heavy atom. The maximum atomic E-state index is 12.1. The first kappa shape index (κ1) is 14.4. The Morgan fingerprint density at radius 1 is 0.944 bits per heavy atom. The van der Waals surface area contributed by atoms with Gasteiger partial charge in [0, 0.05) is 6.04 Å². The minimum Gasteiger partial charge on any atom is -0.271 e. The van der Waals surface area contributed by atoms with Gasteiger partial charge in [-0.3, -0.25) is 14.5 Å². The van der Waals surface area contributed by atoms with Crippen LogP contribution in [0.25, 0.3) is 0 Å². The fourth-order valence-corrected chi connectivity index (χ4v) is 2.19. The topological polar surface area (TPSA) is 37.4 Å². The number of hydrogen-bond donors (Lipinski definition) is 0. The van der Waals surface area contributed by atoms with E-state index in [4.69, 9.17) is 0 Å². The van der Waals surface area contributed by atoms with Gasteiger partial charge in [-0.1, -0.05) is 39.8 Å². The van der Waals surface area contributed by atoms with E-state index in [1.54, 1.807) is 24.3 Å². The molecule has 3 heteroatoms. The number of rotatable bonds is 3. The Bertz CT molecular complexity index is 401. The molecular formula is C15H21NO2. The second kappa shape index (κ2) is 6.34. The van der Waals surface area contributed by atoms with Gasteiger partial charge in [-0.15, -0.1) is 0 Å². The zero-order valence-corrected chi connectivity index (χ0v) is 11.6. The van der Waals surface area contributed by atoms with Crippen LogP contribution in [0.2, 0.25) is 0 Å². The van der Waals surface area contributed by atoms with E-state index in [9.17, 15) is 9.59 Å². The molecule has 1 aromatic carbocycles. The van der Waals surface area contributed by atoms with Gasteiger partial charge in [0.1, 0.15) is 0 Å². The highest BCUT2D eigenvalue weighted by atomic mass is 16.2. The molecule has 0 saturated carbocycles. The molecule has 18 heavy (non-hydrogen) atoms. The van der Waals surface area contributed by atoms with Gasteiger partial charge in [-0.2, -0.15) is 0 Å². The van der Waals surface area contributed by atoms with Crippen LogP contribution in [0, 0.1) is 0 Å². The number of imide groups is 1. The highest BCUT2D eigenvalue weighted by Gasteiger charge is 2.38. The quantitative estimate of drug-likeness (QED) is 0.767. The van der Waals surface area contributed by atoms with Crippen LogP contribution in [-0.2, 0) is 0 Å². The SMILES string of the molecule is CC.CCC(CC)N1C(=O)c2ccccc2C1=O. The molecule has 0 unspecified atom stereocenters. The molecule has 0 bridgehead atoms. The van der Waals surface area contributed by atoms with Crippen molar-refractivity contribution < 1.29 is 9.59 Å². The zero-order chi connectivity index (χ0) is 13.7. The summed E-state index contributed by atoms with van der Waals surface area (Å²) in [5, 5.41) is 0. The third-order valence-corrected chi connectivity index (χ3v) is 3.13. The average molecular weight is 247 g/mol. The largest absolute Gasteiger partial charge is 0.271 e. The lowest BCUT2D eigenvalue weighted by Gasteiger charge is -2.23. The van der Waals surface area contributed by atoms with Crippen LogP contribution in [0.1, 0.15) is 61.3 Å². The van der Waals surface area contributed by atoms with Crippen molar-refractivity contribution in [3.05, 3.63) is 35.4 Å². The average Bonchev–Trinajstić information content (AvgIpc) is 2.68. The van der Waals surface area contributed by atoms with Gasteiger partial charge in [-0.05, 0) is 25.0 Å². The van der Waals surface area contributed by atoms with E-state index in [1.807, 2.05) is 27.7 Å². The first-order chi connectivity index (χ1) is 8.70. The van der Waals surface area contributed by atoms with Gasteiger partial charge >= 0.3 is 0 Å². The Labute approximate surface area is 109 Å². The maximum Gasteiger partial charge on any atom is 0.261 e. The molecule has 0 fully saturated rings. The normalized spacial score (nSPS) is 13.5. The molecule has 0 N–H and O–H groups in total. The number of fused-ring (bicyclic) bond motifs is 1. The van der Waals surface area contributed by atoms with E-state index in [-0.39, 0.29) is 17.9 Å². The second-order valence-corrected chi connectivity index (χ2v) is 4.00. The van der Waals surface area contributed by atoms with Crippen molar-refractivity contribution in [2.45, 2.75) is 46.6 Å². The summed E-state index contributed by atoms with van der Waals surface area (Å²) in [5.74, 6) is -0.288. The second-order valence-electron chi connectivity index (χ2n) is 4.00. The van der Waals surface area contributed by atoms with Crippen LogP contribution in [0.5, 0.6) is 0 Å². The van der Waals surface area contributed by atoms with Crippen LogP contribution < -0.4 is 0 Å². The van der Waals surface area contributed by atoms with Gasteiger partial charge in [0.05, 0.1) is 11.1 Å². The number of nitrogens with zero attached hydrogens (tertiary/aromatic N) is 1. The molecule has 1 aliphatic rings. The van der Waals surface area contributed by atoms with E-state index in [2.05, 4.69) is 0 Å². The smallest absolute Gasteiger partial charge is 0.261 e. The summed E-state index contributed by atoms with van der Waals surface area (Å²) in [5.41, 5.74) is 1.08. The van der Waals surface area contributed by atoms with Gasteiger partial charge in [0.25, 0.3) is 11.8 Å². The predicted molar refractivity (Wildman–Crippen MR) is 72.7 cm³/mol. The number of hydrogen-bond acceptors (Lipinski definition) is 2. The molecule has 3 nitrogen and oxygen atoms in total. The number of benzene rings is 1. The molecule has 0 saturated heterocycles.